The molecule has 0 saturated carbocycles. The Morgan fingerprint density at radius 3 is 1.95 bits per heavy atom. The average molecular weight is 253 g/mol. The summed E-state index contributed by atoms with van der Waals surface area (Å²) in [6.45, 7) is 4.39. The van der Waals surface area contributed by atoms with Gasteiger partial charge in [-0.2, -0.15) is 0 Å². The maximum atomic E-state index is 5.93. The lowest BCUT2D eigenvalue weighted by Crippen LogP contribution is -1.93. The SMILES string of the molecule is CCCc1[c]c(CCC)cc(Oc2ccccc2)c1. The highest BCUT2D eigenvalue weighted by Gasteiger charge is 2.03. The first kappa shape index (κ1) is 13.7. The maximum Gasteiger partial charge on any atom is 0.128 e. The van der Waals surface area contributed by atoms with Gasteiger partial charge in [0.2, 0.25) is 0 Å². The van der Waals surface area contributed by atoms with E-state index in [0.717, 1.165) is 37.2 Å². The highest BCUT2D eigenvalue weighted by molar-refractivity contribution is 5.37. The summed E-state index contributed by atoms with van der Waals surface area (Å²) in [4.78, 5) is 0. The van der Waals surface area contributed by atoms with Crippen LogP contribution < -0.4 is 4.74 Å². The first-order valence-corrected chi connectivity index (χ1v) is 7.09. The van der Waals surface area contributed by atoms with Crippen molar-refractivity contribution >= 4 is 0 Å². The van der Waals surface area contributed by atoms with E-state index in [9.17, 15) is 0 Å². The Kier molecular flexibility index (Phi) is 5.02. The summed E-state index contributed by atoms with van der Waals surface area (Å²) in [5.74, 6) is 1.82. The monoisotopic (exact) mass is 253 g/mol. The van der Waals surface area contributed by atoms with E-state index in [1.165, 1.54) is 11.1 Å². The second-order valence-corrected chi connectivity index (χ2v) is 4.78. The van der Waals surface area contributed by atoms with Crippen molar-refractivity contribution in [3.8, 4) is 11.5 Å². The number of aryl methyl sites for hydroxylation is 2. The van der Waals surface area contributed by atoms with Crippen molar-refractivity contribution in [2.75, 3.05) is 0 Å². The van der Waals surface area contributed by atoms with Gasteiger partial charge < -0.3 is 4.74 Å². The van der Waals surface area contributed by atoms with E-state index in [0.29, 0.717) is 0 Å². The fourth-order valence-electron chi connectivity index (χ4n) is 2.16. The number of benzene rings is 2. The van der Waals surface area contributed by atoms with Gasteiger partial charge in [-0.05, 0) is 54.3 Å². The van der Waals surface area contributed by atoms with Crippen LogP contribution in [0, 0.1) is 6.07 Å². The molecule has 19 heavy (non-hydrogen) atoms. The quantitative estimate of drug-likeness (QED) is 0.689. The van der Waals surface area contributed by atoms with Crippen LogP contribution in [0.5, 0.6) is 11.5 Å². The molecule has 0 amide bonds. The molecule has 1 nitrogen and oxygen atoms in total. The largest absolute Gasteiger partial charge is 0.457 e. The lowest BCUT2D eigenvalue weighted by molar-refractivity contribution is 0.481. The minimum atomic E-state index is 0.888. The number of hydrogen-bond acceptors (Lipinski definition) is 1. The molecule has 99 valence electrons. The molecule has 0 heterocycles. The van der Waals surface area contributed by atoms with Gasteiger partial charge in [-0.3, -0.25) is 0 Å². The van der Waals surface area contributed by atoms with Crippen LogP contribution in [0.15, 0.2) is 42.5 Å². The number of ether oxygens (including phenoxy) is 1. The smallest absolute Gasteiger partial charge is 0.128 e. The van der Waals surface area contributed by atoms with E-state index in [-0.39, 0.29) is 0 Å². The first-order valence-electron chi connectivity index (χ1n) is 7.09. The Morgan fingerprint density at radius 2 is 1.42 bits per heavy atom. The van der Waals surface area contributed by atoms with Crippen LogP contribution >= 0.6 is 0 Å². The molecule has 0 unspecified atom stereocenters. The van der Waals surface area contributed by atoms with Gasteiger partial charge >= 0.3 is 0 Å². The fourth-order valence-corrected chi connectivity index (χ4v) is 2.16. The second-order valence-electron chi connectivity index (χ2n) is 4.78. The van der Waals surface area contributed by atoms with Crippen molar-refractivity contribution in [3.05, 3.63) is 59.7 Å². The van der Waals surface area contributed by atoms with E-state index in [4.69, 9.17) is 4.74 Å². The van der Waals surface area contributed by atoms with E-state index >= 15 is 0 Å². The molecule has 0 spiro atoms. The van der Waals surface area contributed by atoms with Gasteiger partial charge in [0.05, 0.1) is 0 Å². The van der Waals surface area contributed by atoms with Gasteiger partial charge in [0.25, 0.3) is 0 Å². The van der Waals surface area contributed by atoms with Crippen molar-refractivity contribution in [2.45, 2.75) is 39.5 Å². The Balaban J connectivity index is 2.23. The molecule has 1 heteroatoms. The molecule has 2 rings (SSSR count). The zero-order valence-corrected chi connectivity index (χ0v) is 11.8. The standard InChI is InChI=1S/C18H21O/c1-3-8-15-12-16(9-4-2)14-18(13-15)19-17-10-6-5-7-11-17/h5-7,10-11,13-14H,3-4,8-9H2,1-2H3. The van der Waals surface area contributed by atoms with Crippen molar-refractivity contribution in [3.63, 3.8) is 0 Å². The molecule has 0 saturated heterocycles. The minimum absolute atomic E-state index is 0.888. The van der Waals surface area contributed by atoms with Gasteiger partial charge in [0.15, 0.2) is 0 Å². The van der Waals surface area contributed by atoms with Crippen LogP contribution in [0.1, 0.15) is 37.8 Å². The summed E-state index contributed by atoms with van der Waals surface area (Å²) in [6.07, 6.45) is 4.39. The van der Waals surface area contributed by atoms with Crippen LogP contribution in [-0.4, -0.2) is 0 Å². The minimum Gasteiger partial charge on any atom is -0.457 e. The van der Waals surface area contributed by atoms with Crippen LogP contribution in [-0.2, 0) is 12.8 Å². The Bertz CT molecular complexity index is 478. The molecule has 0 atom stereocenters. The first-order chi connectivity index (χ1) is 9.31. The predicted octanol–water partition coefficient (Wildman–Crippen LogP) is 5.18. The van der Waals surface area contributed by atoms with Gasteiger partial charge in [-0.25, -0.2) is 0 Å². The maximum absolute atomic E-state index is 5.93. The van der Waals surface area contributed by atoms with Crippen molar-refractivity contribution < 1.29 is 4.74 Å². The lowest BCUT2D eigenvalue weighted by Gasteiger charge is -2.10. The average Bonchev–Trinajstić information content (AvgIpc) is 2.40. The number of rotatable bonds is 6. The summed E-state index contributed by atoms with van der Waals surface area (Å²) in [7, 11) is 0. The van der Waals surface area contributed by atoms with Gasteiger partial charge in [-0.1, -0.05) is 44.9 Å². The van der Waals surface area contributed by atoms with E-state index in [2.05, 4.69) is 32.0 Å². The molecule has 0 fully saturated rings. The van der Waals surface area contributed by atoms with Crippen molar-refractivity contribution in [1.82, 2.24) is 0 Å². The van der Waals surface area contributed by atoms with Crippen LogP contribution in [0.3, 0.4) is 0 Å². The predicted molar refractivity (Wildman–Crippen MR) is 79.8 cm³/mol. The molecular weight excluding hydrogens is 232 g/mol. The van der Waals surface area contributed by atoms with E-state index < -0.39 is 0 Å². The van der Waals surface area contributed by atoms with Gasteiger partial charge in [-0.15, -0.1) is 0 Å². The van der Waals surface area contributed by atoms with E-state index in [1.54, 1.807) is 0 Å². The molecule has 0 aliphatic rings. The molecule has 0 aromatic heterocycles. The Labute approximate surface area is 116 Å². The molecular formula is C18H21O. The molecule has 2 aromatic carbocycles. The highest BCUT2D eigenvalue weighted by atomic mass is 16.5. The third kappa shape index (κ3) is 4.13. The summed E-state index contributed by atoms with van der Waals surface area (Å²) in [6, 6.07) is 17.6. The molecule has 0 aliphatic heterocycles. The third-order valence-corrected chi connectivity index (χ3v) is 2.97. The van der Waals surface area contributed by atoms with Gasteiger partial charge in [0.1, 0.15) is 11.5 Å². The number of hydrogen-bond donors (Lipinski definition) is 0. The topological polar surface area (TPSA) is 9.23 Å². The van der Waals surface area contributed by atoms with Gasteiger partial charge in [0, 0.05) is 0 Å². The molecule has 0 N–H and O–H groups in total. The normalized spacial score (nSPS) is 10.4. The van der Waals surface area contributed by atoms with Crippen molar-refractivity contribution in [2.24, 2.45) is 0 Å². The molecule has 1 radical (unpaired) electrons. The Hall–Kier alpha value is -1.76. The molecule has 0 aliphatic carbocycles. The zero-order chi connectivity index (χ0) is 13.5. The second kappa shape index (κ2) is 6.98. The fraction of sp³-hybridized carbons (Fsp3) is 0.333. The summed E-state index contributed by atoms with van der Waals surface area (Å²) >= 11 is 0. The summed E-state index contributed by atoms with van der Waals surface area (Å²) in [5.41, 5.74) is 2.50. The molecule has 0 bridgehead atoms. The zero-order valence-electron chi connectivity index (χ0n) is 11.8. The third-order valence-electron chi connectivity index (χ3n) is 2.97. The molecule has 2 aromatic rings. The summed E-state index contributed by atoms with van der Waals surface area (Å²) in [5, 5.41) is 0. The van der Waals surface area contributed by atoms with Crippen LogP contribution in [0.2, 0.25) is 0 Å². The van der Waals surface area contributed by atoms with Crippen LogP contribution in [0.4, 0.5) is 0 Å². The highest BCUT2D eigenvalue weighted by Crippen LogP contribution is 2.24. The summed E-state index contributed by atoms with van der Waals surface area (Å²) < 4.78 is 5.93. The van der Waals surface area contributed by atoms with E-state index in [1.807, 2.05) is 30.3 Å². The van der Waals surface area contributed by atoms with Crippen LogP contribution in [0.25, 0.3) is 0 Å². The van der Waals surface area contributed by atoms with Crippen molar-refractivity contribution in [1.29, 1.82) is 0 Å². The Morgan fingerprint density at radius 1 is 0.842 bits per heavy atom. The number of para-hydroxylation sites is 1. The lowest BCUT2D eigenvalue weighted by atomic mass is 10.0.